The van der Waals surface area contributed by atoms with E-state index in [2.05, 4.69) is 4.98 Å². The first-order valence-electron chi connectivity index (χ1n) is 7.43. The normalized spacial score (nSPS) is 14.5. The molecule has 3 nitrogen and oxygen atoms in total. The predicted octanol–water partition coefficient (Wildman–Crippen LogP) is 4.56. The van der Waals surface area contributed by atoms with Gasteiger partial charge in [0.05, 0.1) is 16.1 Å². The minimum atomic E-state index is -4.52. The van der Waals surface area contributed by atoms with Crippen LogP contribution in [0.15, 0.2) is 42.7 Å². The van der Waals surface area contributed by atoms with Gasteiger partial charge in [0.1, 0.15) is 0 Å². The first kappa shape index (κ1) is 16.8. The maximum absolute atomic E-state index is 13.0. The Kier molecular flexibility index (Phi) is 4.49. The zero-order valence-electron chi connectivity index (χ0n) is 12.6. The van der Waals surface area contributed by atoms with Gasteiger partial charge in [-0.15, -0.1) is 0 Å². The summed E-state index contributed by atoms with van der Waals surface area (Å²) >= 11 is 5.94. The van der Waals surface area contributed by atoms with E-state index in [1.165, 1.54) is 18.3 Å². The highest BCUT2D eigenvalue weighted by molar-refractivity contribution is 6.32. The zero-order valence-corrected chi connectivity index (χ0v) is 13.3. The van der Waals surface area contributed by atoms with E-state index in [1.807, 2.05) is 0 Å². The fourth-order valence-electron chi connectivity index (χ4n) is 2.51. The summed E-state index contributed by atoms with van der Waals surface area (Å²) in [5.74, 6) is -0.251. The van der Waals surface area contributed by atoms with Gasteiger partial charge in [-0.2, -0.15) is 13.2 Å². The quantitative estimate of drug-likeness (QED) is 0.806. The average molecular weight is 355 g/mol. The van der Waals surface area contributed by atoms with Crippen molar-refractivity contribution in [3.8, 4) is 0 Å². The summed E-state index contributed by atoms with van der Waals surface area (Å²) in [6, 6.07) is 7.08. The van der Waals surface area contributed by atoms with Crippen molar-refractivity contribution < 1.29 is 18.0 Å². The average Bonchev–Trinajstić information content (AvgIpc) is 3.38. The van der Waals surface area contributed by atoms with Gasteiger partial charge in [0, 0.05) is 25.0 Å². The largest absolute Gasteiger partial charge is 0.417 e. The molecule has 0 saturated heterocycles. The fourth-order valence-corrected chi connectivity index (χ4v) is 2.81. The van der Waals surface area contributed by atoms with Crippen LogP contribution in [-0.2, 0) is 12.7 Å². The number of hydrogen-bond donors (Lipinski definition) is 0. The molecule has 1 amide bonds. The molecule has 1 fully saturated rings. The molecule has 24 heavy (non-hydrogen) atoms. The van der Waals surface area contributed by atoms with Crippen molar-refractivity contribution in [2.24, 2.45) is 0 Å². The minimum absolute atomic E-state index is 0.0308. The molecule has 126 valence electrons. The van der Waals surface area contributed by atoms with E-state index in [9.17, 15) is 18.0 Å². The Labute approximate surface area is 142 Å². The van der Waals surface area contributed by atoms with Crippen molar-refractivity contribution in [1.29, 1.82) is 0 Å². The Bertz CT molecular complexity index is 745. The Morgan fingerprint density at radius 3 is 2.58 bits per heavy atom. The summed E-state index contributed by atoms with van der Waals surface area (Å²) in [6.45, 7) is 0.0428. The molecular weight excluding hydrogens is 341 g/mol. The van der Waals surface area contributed by atoms with Crippen molar-refractivity contribution >= 4 is 17.5 Å². The maximum Gasteiger partial charge on any atom is 0.417 e. The van der Waals surface area contributed by atoms with Crippen molar-refractivity contribution in [2.45, 2.75) is 31.6 Å². The third-order valence-corrected chi connectivity index (χ3v) is 4.33. The van der Waals surface area contributed by atoms with Crippen molar-refractivity contribution in [3.05, 3.63) is 64.4 Å². The molecule has 1 aromatic heterocycles. The van der Waals surface area contributed by atoms with Crippen LogP contribution in [0.25, 0.3) is 0 Å². The molecular formula is C17H14ClF3N2O. The Hall–Kier alpha value is -2.08. The molecule has 1 aliphatic carbocycles. The van der Waals surface area contributed by atoms with E-state index in [0.29, 0.717) is 5.56 Å². The third kappa shape index (κ3) is 3.53. The van der Waals surface area contributed by atoms with Crippen LogP contribution in [0.2, 0.25) is 5.02 Å². The van der Waals surface area contributed by atoms with E-state index in [-0.39, 0.29) is 29.1 Å². The topological polar surface area (TPSA) is 33.2 Å². The van der Waals surface area contributed by atoms with Gasteiger partial charge in [0.15, 0.2) is 0 Å². The number of halogens is 4. The number of aromatic nitrogens is 1. The number of benzene rings is 1. The van der Waals surface area contributed by atoms with Gasteiger partial charge in [-0.25, -0.2) is 0 Å². The smallest absolute Gasteiger partial charge is 0.331 e. The van der Waals surface area contributed by atoms with Gasteiger partial charge in [0.2, 0.25) is 0 Å². The van der Waals surface area contributed by atoms with Crippen LogP contribution in [0.3, 0.4) is 0 Å². The molecule has 1 aliphatic rings. The summed E-state index contributed by atoms with van der Waals surface area (Å²) in [4.78, 5) is 18.1. The van der Waals surface area contributed by atoms with Crippen LogP contribution in [0.5, 0.6) is 0 Å². The Morgan fingerprint density at radius 1 is 1.25 bits per heavy atom. The Morgan fingerprint density at radius 2 is 2.00 bits per heavy atom. The molecule has 0 radical (unpaired) electrons. The van der Waals surface area contributed by atoms with E-state index in [4.69, 9.17) is 11.6 Å². The van der Waals surface area contributed by atoms with Gasteiger partial charge >= 0.3 is 6.18 Å². The molecule has 0 spiro atoms. The minimum Gasteiger partial charge on any atom is -0.331 e. The van der Waals surface area contributed by atoms with Gasteiger partial charge < -0.3 is 4.90 Å². The van der Waals surface area contributed by atoms with Crippen LogP contribution in [0.1, 0.15) is 34.3 Å². The van der Waals surface area contributed by atoms with E-state index >= 15 is 0 Å². The third-order valence-electron chi connectivity index (χ3n) is 3.88. The first-order chi connectivity index (χ1) is 11.4. The number of amides is 1. The van der Waals surface area contributed by atoms with E-state index in [1.54, 1.807) is 23.2 Å². The van der Waals surface area contributed by atoms with Crippen LogP contribution in [0, 0.1) is 0 Å². The summed E-state index contributed by atoms with van der Waals surface area (Å²) in [7, 11) is 0. The van der Waals surface area contributed by atoms with Gasteiger partial charge in [-0.05, 0) is 36.6 Å². The summed E-state index contributed by atoms with van der Waals surface area (Å²) < 4.78 is 39.0. The van der Waals surface area contributed by atoms with Crippen LogP contribution in [0.4, 0.5) is 13.2 Å². The van der Waals surface area contributed by atoms with Gasteiger partial charge in [0.25, 0.3) is 5.91 Å². The molecule has 2 aromatic rings. The standard InChI is InChI=1S/C17H14ClF3N2O/c18-15-12(3-1-5-14(15)17(19,20)21)10-23(13-6-7-13)16(24)11-4-2-8-22-9-11/h1-5,8-9,13H,6-7,10H2. The van der Waals surface area contributed by atoms with Crippen molar-refractivity contribution in [3.63, 3.8) is 0 Å². The molecule has 0 aliphatic heterocycles. The number of pyridine rings is 1. The molecule has 0 bridgehead atoms. The lowest BCUT2D eigenvalue weighted by Crippen LogP contribution is -2.33. The lowest BCUT2D eigenvalue weighted by molar-refractivity contribution is -0.137. The lowest BCUT2D eigenvalue weighted by Gasteiger charge is -2.24. The SMILES string of the molecule is O=C(c1cccnc1)N(Cc1cccc(C(F)(F)F)c1Cl)C1CC1. The van der Waals surface area contributed by atoms with Crippen LogP contribution >= 0.6 is 11.6 Å². The second-order valence-electron chi connectivity index (χ2n) is 5.68. The number of hydrogen-bond acceptors (Lipinski definition) is 2. The predicted molar refractivity (Wildman–Crippen MR) is 83.6 cm³/mol. The van der Waals surface area contributed by atoms with E-state index < -0.39 is 11.7 Å². The molecule has 0 atom stereocenters. The number of rotatable bonds is 4. The maximum atomic E-state index is 13.0. The molecule has 3 rings (SSSR count). The Balaban J connectivity index is 1.89. The molecule has 1 aromatic carbocycles. The number of alkyl halides is 3. The summed E-state index contributed by atoms with van der Waals surface area (Å²) in [5, 5.41) is -0.352. The highest BCUT2D eigenvalue weighted by atomic mass is 35.5. The number of carbonyl (C=O) groups is 1. The molecule has 7 heteroatoms. The second-order valence-corrected chi connectivity index (χ2v) is 6.06. The summed E-state index contributed by atoms with van der Waals surface area (Å²) in [5.41, 5.74) is -0.186. The first-order valence-corrected chi connectivity index (χ1v) is 7.81. The highest BCUT2D eigenvalue weighted by Crippen LogP contribution is 2.38. The van der Waals surface area contributed by atoms with Crippen LogP contribution < -0.4 is 0 Å². The second kappa shape index (κ2) is 6.43. The summed E-state index contributed by atoms with van der Waals surface area (Å²) in [6.07, 6.45) is 0.156. The molecule has 0 N–H and O–H groups in total. The number of nitrogens with zero attached hydrogens (tertiary/aromatic N) is 2. The van der Waals surface area contributed by atoms with Gasteiger partial charge in [-0.1, -0.05) is 23.7 Å². The molecule has 1 saturated carbocycles. The fraction of sp³-hybridized carbons (Fsp3) is 0.294. The highest BCUT2D eigenvalue weighted by Gasteiger charge is 2.36. The molecule has 1 heterocycles. The van der Waals surface area contributed by atoms with Crippen molar-refractivity contribution in [1.82, 2.24) is 9.88 Å². The molecule has 0 unspecified atom stereocenters. The van der Waals surface area contributed by atoms with Crippen LogP contribution in [-0.4, -0.2) is 21.8 Å². The van der Waals surface area contributed by atoms with E-state index in [0.717, 1.165) is 18.9 Å². The monoisotopic (exact) mass is 354 g/mol. The van der Waals surface area contributed by atoms with Crippen molar-refractivity contribution in [2.75, 3.05) is 0 Å². The zero-order chi connectivity index (χ0) is 17.3. The number of carbonyl (C=O) groups excluding carboxylic acids is 1. The lowest BCUT2D eigenvalue weighted by atomic mass is 10.1. The van der Waals surface area contributed by atoms with Gasteiger partial charge in [-0.3, -0.25) is 9.78 Å².